The molecule has 2 N–H and O–H groups in total. The first kappa shape index (κ1) is 14.1. The highest BCUT2D eigenvalue weighted by atomic mass is 15.3. The van der Waals surface area contributed by atoms with Gasteiger partial charge in [-0.05, 0) is 38.0 Å². The average Bonchev–Trinajstić information content (AvgIpc) is 2.88. The van der Waals surface area contributed by atoms with Gasteiger partial charge in [-0.1, -0.05) is 26.2 Å². The summed E-state index contributed by atoms with van der Waals surface area (Å²) in [5.74, 6) is 3.97. The van der Waals surface area contributed by atoms with E-state index in [9.17, 15) is 0 Å². The minimum absolute atomic E-state index is 0.290. The lowest BCUT2D eigenvalue weighted by Gasteiger charge is -2.29. The van der Waals surface area contributed by atoms with Crippen LogP contribution in [0.15, 0.2) is 0 Å². The summed E-state index contributed by atoms with van der Waals surface area (Å²) in [7, 11) is 0. The van der Waals surface area contributed by atoms with Crippen LogP contribution in [0.5, 0.6) is 0 Å². The van der Waals surface area contributed by atoms with Gasteiger partial charge in [-0.2, -0.15) is 0 Å². The van der Waals surface area contributed by atoms with Crippen LogP contribution in [-0.4, -0.2) is 20.8 Å². The molecule has 0 aromatic carbocycles. The molecule has 2 aliphatic rings. The predicted molar refractivity (Wildman–Crippen MR) is 80.5 cm³/mol. The SMILES string of the molecule is CCCCC1CCC(c2nnc3n2CC(N)CC3)CC1. The first-order valence-corrected chi connectivity index (χ1v) is 8.45. The fourth-order valence-electron chi connectivity index (χ4n) is 3.88. The number of nitrogens with two attached hydrogens (primary N) is 1. The molecule has 0 saturated heterocycles. The third-order valence-corrected chi connectivity index (χ3v) is 5.19. The molecule has 1 unspecified atom stereocenters. The Hall–Kier alpha value is -0.900. The summed E-state index contributed by atoms with van der Waals surface area (Å²) in [5.41, 5.74) is 6.11. The van der Waals surface area contributed by atoms with Gasteiger partial charge in [0.1, 0.15) is 11.6 Å². The van der Waals surface area contributed by atoms with E-state index in [4.69, 9.17) is 5.73 Å². The van der Waals surface area contributed by atoms with E-state index >= 15 is 0 Å². The molecule has 112 valence electrons. The third-order valence-electron chi connectivity index (χ3n) is 5.19. The van der Waals surface area contributed by atoms with Crippen LogP contribution in [-0.2, 0) is 13.0 Å². The molecule has 1 aromatic rings. The van der Waals surface area contributed by atoms with E-state index in [1.807, 2.05) is 0 Å². The standard InChI is InChI=1S/C16H28N4/c1-2-3-4-12-5-7-13(8-6-12)16-19-18-15-10-9-14(17)11-20(15)16/h12-14H,2-11,17H2,1H3. The number of fused-ring (bicyclic) bond motifs is 1. The van der Waals surface area contributed by atoms with Gasteiger partial charge in [0.25, 0.3) is 0 Å². The molecule has 1 aliphatic heterocycles. The maximum Gasteiger partial charge on any atom is 0.136 e. The summed E-state index contributed by atoms with van der Waals surface area (Å²) in [6.45, 7) is 3.21. The second-order valence-corrected chi connectivity index (χ2v) is 6.74. The van der Waals surface area contributed by atoms with Crippen LogP contribution in [0.25, 0.3) is 0 Å². The number of aryl methyl sites for hydroxylation is 1. The Morgan fingerprint density at radius 2 is 1.95 bits per heavy atom. The largest absolute Gasteiger partial charge is 0.326 e. The van der Waals surface area contributed by atoms with Crippen molar-refractivity contribution in [3.63, 3.8) is 0 Å². The number of hydrogen-bond acceptors (Lipinski definition) is 3. The van der Waals surface area contributed by atoms with Crippen LogP contribution in [0.2, 0.25) is 0 Å². The highest BCUT2D eigenvalue weighted by molar-refractivity contribution is 5.06. The van der Waals surface area contributed by atoms with Gasteiger partial charge >= 0.3 is 0 Å². The number of rotatable bonds is 4. The van der Waals surface area contributed by atoms with E-state index in [2.05, 4.69) is 21.7 Å². The smallest absolute Gasteiger partial charge is 0.136 e. The van der Waals surface area contributed by atoms with E-state index in [0.717, 1.165) is 31.1 Å². The fraction of sp³-hybridized carbons (Fsp3) is 0.875. The molecule has 2 heterocycles. The molecule has 0 spiro atoms. The van der Waals surface area contributed by atoms with Crippen molar-refractivity contribution < 1.29 is 0 Å². The van der Waals surface area contributed by atoms with Crippen molar-refractivity contribution in [1.82, 2.24) is 14.8 Å². The Morgan fingerprint density at radius 1 is 1.15 bits per heavy atom. The van der Waals surface area contributed by atoms with Gasteiger partial charge in [0, 0.05) is 24.9 Å². The monoisotopic (exact) mass is 276 g/mol. The summed E-state index contributed by atoms with van der Waals surface area (Å²) >= 11 is 0. The highest BCUT2D eigenvalue weighted by Gasteiger charge is 2.28. The molecular weight excluding hydrogens is 248 g/mol. The van der Waals surface area contributed by atoms with Crippen LogP contribution < -0.4 is 5.73 Å². The topological polar surface area (TPSA) is 56.7 Å². The zero-order chi connectivity index (χ0) is 13.9. The van der Waals surface area contributed by atoms with E-state index < -0.39 is 0 Å². The van der Waals surface area contributed by atoms with Crippen molar-refractivity contribution in [3.8, 4) is 0 Å². The van der Waals surface area contributed by atoms with Gasteiger partial charge in [0.15, 0.2) is 0 Å². The molecule has 0 bridgehead atoms. The number of unbranched alkanes of at least 4 members (excludes halogenated alkanes) is 1. The van der Waals surface area contributed by atoms with Crippen LogP contribution in [0.3, 0.4) is 0 Å². The van der Waals surface area contributed by atoms with Crippen molar-refractivity contribution in [2.75, 3.05) is 0 Å². The van der Waals surface area contributed by atoms with Crippen molar-refractivity contribution in [2.24, 2.45) is 11.7 Å². The van der Waals surface area contributed by atoms with Gasteiger partial charge in [-0.25, -0.2) is 0 Å². The van der Waals surface area contributed by atoms with E-state index in [1.165, 1.54) is 50.8 Å². The van der Waals surface area contributed by atoms with Gasteiger partial charge in [0.05, 0.1) is 0 Å². The Kier molecular flexibility index (Phi) is 4.39. The molecule has 20 heavy (non-hydrogen) atoms. The first-order valence-electron chi connectivity index (χ1n) is 8.45. The second-order valence-electron chi connectivity index (χ2n) is 6.74. The fourth-order valence-corrected chi connectivity index (χ4v) is 3.88. The summed E-state index contributed by atoms with van der Waals surface area (Å²) in [6, 6.07) is 0.290. The molecule has 0 amide bonds. The summed E-state index contributed by atoms with van der Waals surface area (Å²) in [6.07, 6.45) is 11.5. The Balaban J connectivity index is 1.62. The lowest BCUT2D eigenvalue weighted by atomic mass is 9.79. The third kappa shape index (κ3) is 2.90. The quantitative estimate of drug-likeness (QED) is 0.919. The first-order chi connectivity index (χ1) is 9.78. The van der Waals surface area contributed by atoms with Crippen molar-refractivity contribution in [3.05, 3.63) is 11.6 Å². The lowest BCUT2D eigenvalue weighted by molar-refractivity contribution is 0.291. The van der Waals surface area contributed by atoms with Gasteiger partial charge in [-0.15, -0.1) is 10.2 Å². The van der Waals surface area contributed by atoms with Crippen LogP contribution in [0.1, 0.15) is 75.9 Å². The zero-order valence-corrected chi connectivity index (χ0v) is 12.7. The molecule has 4 nitrogen and oxygen atoms in total. The molecule has 1 atom stereocenters. The van der Waals surface area contributed by atoms with Crippen molar-refractivity contribution >= 4 is 0 Å². The maximum absolute atomic E-state index is 6.11. The minimum Gasteiger partial charge on any atom is -0.326 e. The number of nitrogens with zero attached hydrogens (tertiary/aromatic N) is 3. The second kappa shape index (κ2) is 6.25. The molecule has 1 aromatic heterocycles. The predicted octanol–water partition coefficient (Wildman–Crippen LogP) is 3.02. The Morgan fingerprint density at radius 3 is 2.70 bits per heavy atom. The molecule has 1 saturated carbocycles. The van der Waals surface area contributed by atoms with Crippen LogP contribution in [0, 0.1) is 5.92 Å². The van der Waals surface area contributed by atoms with E-state index in [1.54, 1.807) is 0 Å². The highest BCUT2D eigenvalue weighted by Crippen LogP contribution is 2.37. The average molecular weight is 276 g/mol. The summed E-state index contributed by atoms with van der Waals surface area (Å²) < 4.78 is 2.32. The molecule has 3 rings (SSSR count). The van der Waals surface area contributed by atoms with Gasteiger partial charge < -0.3 is 10.3 Å². The molecule has 0 radical (unpaired) electrons. The molecule has 4 heteroatoms. The Labute approximate surface area is 122 Å². The van der Waals surface area contributed by atoms with Crippen LogP contribution >= 0.6 is 0 Å². The molecule has 1 fully saturated rings. The van der Waals surface area contributed by atoms with Gasteiger partial charge in [0.2, 0.25) is 0 Å². The summed E-state index contributed by atoms with van der Waals surface area (Å²) in [5, 5.41) is 8.89. The number of hydrogen-bond donors (Lipinski definition) is 1. The molecule has 1 aliphatic carbocycles. The van der Waals surface area contributed by atoms with Crippen molar-refractivity contribution in [2.45, 2.75) is 83.2 Å². The zero-order valence-electron chi connectivity index (χ0n) is 12.7. The van der Waals surface area contributed by atoms with E-state index in [-0.39, 0.29) is 6.04 Å². The normalized spacial score (nSPS) is 30.2. The molecular formula is C16H28N4. The number of aromatic nitrogens is 3. The Bertz CT molecular complexity index is 432. The van der Waals surface area contributed by atoms with E-state index in [0.29, 0.717) is 5.92 Å². The lowest BCUT2D eigenvalue weighted by Crippen LogP contribution is -2.33. The maximum atomic E-state index is 6.11. The van der Waals surface area contributed by atoms with Gasteiger partial charge in [-0.3, -0.25) is 0 Å². The summed E-state index contributed by atoms with van der Waals surface area (Å²) in [4.78, 5) is 0. The van der Waals surface area contributed by atoms with Crippen LogP contribution in [0.4, 0.5) is 0 Å². The van der Waals surface area contributed by atoms with Crippen molar-refractivity contribution in [1.29, 1.82) is 0 Å². The minimum atomic E-state index is 0.290.